The highest BCUT2D eigenvalue weighted by Gasteiger charge is 2.31. The third-order valence-electron chi connectivity index (χ3n) is 5.59. The van der Waals surface area contributed by atoms with E-state index in [-0.39, 0.29) is 23.1 Å². The lowest BCUT2D eigenvalue weighted by atomic mass is 9.93. The number of halogens is 2. The van der Waals surface area contributed by atoms with E-state index in [2.05, 4.69) is 15.6 Å². The van der Waals surface area contributed by atoms with Crippen LogP contribution in [0.2, 0.25) is 0 Å². The summed E-state index contributed by atoms with van der Waals surface area (Å²) in [4.78, 5) is 29.6. The standard InChI is InChI=1S/C26H29F2N3O4S/c1-15(25(34)35)12-20(22(32)31-26(2,3)13-16-4-8-18(27)9-5-16)30-23(33)24-29-14-21(36-24)17-6-10-19(28)11-7-17/h4-11,14-15,20,23,30,33H,12-13H2,1-3H3,(H,31,32)(H,34,35)/t15?,20-,23?/m0/s1. The lowest BCUT2D eigenvalue weighted by Crippen LogP contribution is -2.54. The molecule has 36 heavy (non-hydrogen) atoms. The predicted octanol–water partition coefficient (Wildman–Crippen LogP) is 4.29. The molecule has 1 amide bonds. The summed E-state index contributed by atoms with van der Waals surface area (Å²) in [6.07, 6.45) is 0.553. The van der Waals surface area contributed by atoms with Gasteiger partial charge in [-0.25, -0.2) is 13.8 Å². The second kappa shape index (κ2) is 11.7. The molecule has 0 saturated carbocycles. The number of aliphatic hydroxyl groups excluding tert-OH is 1. The number of carbonyl (C=O) groups is 2. The van der Waals surface area contributed by atoms with Crippen molar-refractivity contribution in [3.63, 3.8) is 0 Å². The maximum Gasteiger partial charge on any atom is 0.306 e. The van der Waals surface area contributed by atoms with Crippen molar-refractivity contribution in [3.05, 3.63) is 76.9 Å². The Labute approximate surface area is 212 Å². The first-order chi connectivity index (χ1) is 16.9. The van der Waals surface area contributed by atoms with Crippen LogP contribution in [0.4, 0.5) is 8.78 Å². The number of nitrogens with one attached hydrogen (secondary N) is 2. The topological polar surface area (TPSA) is 112 Å². The van der Waals surface area contributed by atoms with Gasteiger partial charge in [-0.3, -0.25) is 14.9 Å². The van der Waals surface area contributed by atoms with Crippen LogP contribution in [0.25, 0.3) is 10.4 Å². The first-order valence-electron chi connectivity index (χ1n) is 11.4. The molecule has 3 atom stereocenters. The SMILES string of the molecule is CC(C[C@H](NC(O)c1ncc(-c2ccc(F)cc2)s1)C(=O)NC(C)(C)Cc1ccc(F)cc1)C(=O)O. The van der Waals surface area contributed by atoms with Crippen molar-refractivity contribution in [1.82, 2.24) is 15.6 Å². The Bertz CT molecular complexity index is 1180. The van der Waals surface area contributed by atoms with Crippen LogP contribution < -0.4 is 10.6 Å². The minimum atomic E-state index is -1.33. The third-order valence-corrected chi connectivity index (χ3v) is 6.69. The van der Waals surface area contributed by atoms with Gasteiger partial charge in [0.25, 0.3) is 0 Å². The molecule has 0 saturated heterocycles. The summed E-state index contributed by atoms with van der Waals surface area (Å²) in [6.45, 7) is 5.09. The maximum atomic E-state index is 13.2. The molecule has 2 aromatic carbocycles. The number of aliphatic carboxylic acids is 1. The molecule has 10 heteroatoms. The molecule has 0 aliphatic rings. The molecule has 2 unspecified atom stereocenters. The van der Waals surface area contributed by atoms with Gasteiger partial charge in [-0.1, -0.05) is 31.2 Å². The van der Waals surface area contributed by atoms with Crippen molar-refractivity contribution >= 4 is 23.2 Å². The van der Waals surface area contributed by atoms with E-state index in [9.17, 15) is 28.6 Å². The number of amides is 1. The van der Waals surface area contributed by atoms with Crippen LogP contribution in [0.1, 0.15) is 44.0 Å². The minimum Gasteiger partial charge on any atom is -0.481 e. The molecule has 192 valence electrons. The fourth-order valence-corrected chi connectivity index (χ4v) is 4.58. The van der Waals surface area contributed by atoms with E-state index < -0.39 is 35.6 Å². The summed E-state index contributed by atoms with van der Waals surface area (Å²) in [6, 6.07) is 10.8. The normalized spacial score (nSPS) is 14.2. The summed E-state index contributed by atoms with van der Waals surface area (Å²) in [7, 11) is 0. The van der Waals surface area contributed by atoms with Crippen LogP contribution in [0.3, 0.4) is 0 Å². The van der Waals surface area contributed by atoms with Gasteiger partial charge in [-0.2, -0.15) is 0 Å². The lowest BCUT2D eigenvalue weighted by Gasteiger charge is -2.30. The molecule has 0 aliphatic carbocycles. The zero-order valence-electron chi connectivity index (χ0n) is 20.2. The molecule has 0 radical (unpaired) electrons. The summed E-state index contributed by atoms with van der Waals surface area (Å²) >= 11 is 1.17. The van der Waals surface area contributed by atoms with Crippen molar-refractivity contribution in [2.24, 2.45) is 5.92 Å². The van der Waals surface area contributed by atoms with Crippen molar-refractivity contribution in [2.75, 3.05) is 0 Å². The van der Waals surface area contributed by atoms with Crippen LogP contribution in [-0.4, -0.2) is 38.7 Å². The molecular weight excluding hydrogens is 488 g/mol. The Hall–Kier alpha value is -3.21. The summed E-state index contributed by atoms with van der Waals surface area (Å²) in [5.41, 5.74) is 0.813. The van der Waals surface area contributed by atoms with Gasteiger partial charge in [0.05, 0.1) is 16.8 Å². The van der Waals surface area contributed by atoms with Crippen LogP contribution in [0.5, 0.6) is 0 Å². The average molecular weight is 518 g/mol. The summed E-state index contributed by atoms with van der Waals surface area (Å²) < 4.78 is 26.4. The lowest BCUT2D eigenvalue weighted by molar-refractivity contribution is -0.142. The Morgan fingerprint density at radius 3 is 2.22 bits per heavy atom. The number of thiazole rings is 1. The number of hydrogen-bond acceptors (Lipinski definition) is 6. The van der Waals surface area contributed by atoms with E-state index in [4.69, 9.17) is 0 Å². The quantitative estimate of drug-likeness (QED) is 0.283. The maximum absolute atomic E-state index is 13.2. The van der Waals surface area contributed by atoms with E-state index in [0.717, 1.165) is 11.1 Å². The highest BCUT2D eigenvalue weighted by Crippen LogP contribution is 2.29. The molecule has 3 rings (SSSR count). The van der Waals surface area contributed by atoms with Gasteiger partial charge in [0, 0.05) is 11.7 Å². The smallest absolute Gasteiger partial charge is 0.306 e. The van der Waals surface area contributed by atoms with Gasteiger partial charge in [0.15, 0.2) is 6.23 Å². The van der Waals surface area contributed by atoms with E-state index in [1.54, 1.807) is 44.3 Å². The number of rotatable bonds is 11. The molecule has 3 aromatic rings. The molecule has 1 heterocycles. The van der Waals surface area contributed by atoms with Crippen molar-refractivity contribution in [1.29, 1.82) is 0 Å². The average Bonchev–Trinajstić information content (AvgIpc) is 3.30. The Morgan fingerprint density at radius 2 is 1.64 bits per heavy atom. The van der Waals surface area contributed by atoms with Crippen molar-refractivity contribution < 1.29 is 28.6 Å². The third kappa shape index (κ3) is 7.64. The van der Waals surface area contributed by atoms with Gasteiger partial charge >= 0.3 is 5.97 Å². The van der Waals surface area contributed by atoms with Crippen molar-refractivity contribution in [3.8, 4) is 10.4 Å². The van der Waals surface area contributed by atoms with Crippen LogP contribution in [-0.2, 0) is 16.0 Å². The van der Waals surface area contributed by atoms with E-state index in [0.29, 0.717) is 11.3 Å². The van der Waals surface area contributed by atoms with Crippen molar-refractivity contribution in [2.45, 2.75) is 51.4 Å². The van der Waals surface area contributed by atoms with Crippen LogP contribution in [0, 0.1) is 17.6 Å². The molecule has 0 bridgehead atoms. The highest BCUT2D eigenvalue weighted by atomic mass is 32.1. The number of aliphatic hydroxyl groups is 1. The van der Waals surface area contributed by atoms with Crippen LogP contribution in [0.15, 0.2) is 54.7 Å². The number of carboxylic acid groups (broad SMARTS) is 1. The van der Waals surface area contributed by atoms with E-state index in [1.807, 2.05) is 0 Å². The Balaban J connectivity index is 1.73. The second-order valence-electron chi connectivity index (χ2n) is 9.34. The summed E-state index contributed by atoms with van der Waals surface area (Å²) in [5.74, 6) is -3.13. The monoisotopic (exact) mass is 517 g/mol. The second-order valence-corrected chi connectivity index (χ2v) is 10.4. The number of nitrogens with zero attached hydrogens (tertiary/aromatic N) is 1. The largest absolute Gasteiger partial charge is 0.481 e. The van der Waals surface area contributed by atoms with Gasteiger partial charge in [0.1, 0.15) is 16.6 Å². The number of hydrogen-bond donors (Lipinski definition) is 4. The van der Waals surface area contributed by atoms with Gasteiger partial charge in [0.2, 0.25) is 5.91 Å². The molecular formula is C26H29F2N3O4S. The number of aromatic nitrogens is 1. The van der Waals surface area contributed by atoms with Crippen LogP contribution >= 0.6 is 11.3 Å². The minimum absolute atomic E-state index is 0.0684. The van der Waals surface area contributed by atoms with E-state index >= 15 is 0 Å². The first kappa shape index (κ1) is 27.4. The zero-order chi connectivity index (χ0) is 26.5. The fourth-order valence-electron chi connectivity index (χ4n) is 3.71. The van der Waals surface area contributed by atoms with Gasteiger partial charge < -0.3 is 15.5 Å². The Kier molecular flexibility index (Phi) is 8.89. The number of carbonyl (C=O) groups excluding carboxylic acids is 1. The molecule has 0 fully saturated rings. The molecule has 0 spiro atoms. The summed E-state index contributed by atoms with van der Waals surface area (Å²) in [5, 5.41) is 26.1. The molecule has 4 N–H and O–H groups in total. The number of benzene rings is 2. The molecule has 0 aliphatic heterocycles. The Morgan fingerprint density at radius 1 is 1.06 bits per heavy atom. The number of carboxylic acids is 1. The van der Waals surface area contributed by atoms with Gasteiger partial charge in [-0.15, -0.1) is 11.3 Å². The first-order valence-corrected chi connectivity index (χ1v) is 12.2. The predicted molar refractivity (Wildman–Crippen MR) is 133 cm³/mol. The molecule has 1 aromatic heterocycles. The zero-order valence-corrected chi connectivity index (χ0v) is 21.0. The molecule has 7 nitrogen and oxygen atoms in total. The van der Waals surface area contributed by atoms with E-state index in [1.165, 1.54) is 42.5 Å². The fraction of sp³-hybridized carbons (Fsp3) is 0.346. The van der Waals surface area contributed by atoms with Gasteiger partial charge in [-0.05, 0) is 62.1 Å². The highest BCUT2D eigenvalue weighted by molar-refractivity contribution is 7.15.